The SMILES string of the molecule is CCOc1cc(C)ccc1CNC(=O)Cc1ccc(N)cc1. The first kappa shape index (κ1) is 15.9. The molecule has 0 aliphatic carbocycles. The fourth-order valence-corrected chi connectivity index (χ4v) is 2.17. The number of benzene rings is 2. The van der Waals surface area contributed by atoms with Crippen LogP contribution in [0.25, 0.3) is 0 Å². The second-order valence-corrected chi connectivity index (χ2v) is 5.24. The molecule has 0 atom stereocenters. The van der Waals surface area contributed by atoms with Crippen LogP contribution in [0.3, 0.4) is 0 Å². The molecule has 0 saturated heterocycles. The van der Waals surface area contributed by atoms with Crippen LogP contribution < -0.4 is 15.8 Å². The normalized spacial score (nSPS) is 10.3. The van der Waals surface area contributed by atoms with Crippen molar-refractivity contribution in [3.63, 3.8) is 0 Å². The smallest absolute Gasteiger partial charge is 0.224 e. The van der Waals surface area contributed by atoms with E-state index in [1.165, 1.54) is 0 Å². The third-order valence-electron chi connectivity index (χ3n) is 3.34. The molecule has 0 aromatic heterocycles. The van der Waals surface area contributed by atoms with E-state index < -0.39 is 0 Å². The van der Waals surface area contributed by atoms with Gasteiger partial charge in [0.15, 0.2) is 0 Å². The Morgan fingerprint density at radius 2 is 1.91 bits per heavy atom. The number of anilines is 1. The standard InChI is InChI=1S/C18H22N2O2/c1-3-22-17-10-13(2)4-7-15(17)12-20-18(21)11-14-5-8-16(19)9-6-14/h4-10H,3,11-12,19H2,1-2H3,(H,20,21). The number of nitrogens with two attached hydrogens (primary N) is 1. The van der Waals surface area contributed by atoms with Crippen molar-refractivity contribution < 1.29 is 9.53 Å². The lowest BCUT2D eigenvalue weighted by Gasteiger charge is -2.12. The fraction of sp³-hybridized carbons (Fsp3) is 0.278. The summed E-state index contributed by atoms with van der Waals surface area (Å²) < 4.78 is 5.62. The van der Waals surface area contributed by atoms with Crippen LogP contribution in [-0.4, -0.2) is 12.5 Å². The zero-order valence-corrected chi connectivity index (χ0v) is 13.1. The highest BCUT2D eigenvalue weighted by Crippen LogP contribution is 2.20. The number of amides is 1. The van der Waals surface area contributed by atoms with Gasteiger partial charge in [0.05, 0.1) is 13.0 Å². The van der Waals surface area contributed by atoms with E-state index in [-0.39, 0.29) is 5.91 Å². The molecule has 4 nitrogen and oxygen atoms in total. The summed E-state index contributed by atoms with van der Waals surface area (Å²) >= 11 is 0. The molecular weight excluding hydrogens is 276 g/mol. The van der Waals surface area contributed by atoms with Crippen LogP contribution in [0.5, 0.6) is 5.75 Å². The number of aryl methyl sites for hydroxylation is 1. The zero-order chi connectivity index (χ0) is 15.9. The van der Waals surface area contributed by atoms with Crippen molar-refractivity contribution >= 4 is 11.6 Å². The van der Waals surface area contributed by atoms with Gasteiger partial charge in [-0.1, -0.05) is 24.3 Å². The number of hydrogen-bond acceptors (Lipinski definition) is 3. The first-order valence-electron chi connectivity index (χ1n) is 7.42. The number of rotatable bonds is 6. The average molecular weight is 298 g/mol. The Hall–Kier alpha value is -2.49. The minimum absolute atomic E-state index is 0.0206. The van der Waals surface area contributed by atoms with Gasteiger partial charge in [0, 0.05) is 17.8 Å². The second-order valence-electron chi connectivity index (χ2n) is 5.24. The summed E-state index contributed by atoms with van der Waals surface area (Å²) in [5.41, 5.74) is 9.40. The molecule has 0 fully saturated rings. The molecule has 4 heteroatoms. The van der Waals surface area contributed by atoms with Crippen LogP contribution in [-0.2, 0) is 17.8 Å². The monoisotopic (exact) mass is 298 g/mol. The summed E-state index contributed by atoms with van der Waals surface area (Å²) in [7, 11) is 0. The highest BCUT2D eigenvalue weighted by molar-refractivity contribution is 5.78. The number of carbonyl (C=O) groups is 1. The van der Waals surface area contributed by atoms with Gasteiger partial charge in [-0.25, -0.2) is 0 Å². The second kappa shape index (κ2) is 7.50. The van der Waals surface area contributed by atoms with Crippen LogP contribution in [0.2, 0.25) is 0 Å². The molecule has 2 aromatic carbocycles. The number of ether oxygens (including phenoxy) is 1. The van der Waals surface area contributed by atoms with Crippen molar-refractivity contribution in [2.24, 2.45) is 0 Å². The molecule has 0 aliphatic heterocycles. The third-order valence-corrected chi connectivity index (χ3v) is 3.34. The van der Waals surface area contributed by atoms with Gasteiger partial charge in [0.2, 0.25) is 5.91 Å². The van der Waals surface area contributed by atoms with E-state index in [0.29, 0.717) is 25.3 Å². The van der Waals surface area contributed by atoms with Gasteiger partial charge in [0.25, 0.3) is 0 Å². The van der Waals surface area contributed by atoms with Crippen LogP contribution >= 0.6 is 0 Å². The van der Waals surface area contributed by atoms with Crippen LogP contribution in [0.4, 0.5) is 5.69 Å². The summed E-state index contributed by atoms with van der Waals surface area (Å²) in [5, 5.41) is 2.93. The lowest BCUT2D eigenvalue weighted by atomic mass is 10.1. The van der Waals surface area contributed by atoms with E-state index in [9.17, 15) is 4.79 Å². The van der Waals surface area contributed by atoms with Gasteiger partial charge in [-0.05, 0) is 43.2 Å². The van der Waals surface area contributed by atoms with E-state index >= 15 is 0 Å². The molecule has 116 valence electrons. The lowest BCUT2D eigenvalue weighted by Crippen LogP contribution is -2.24. The number of hydrogen-bond donors (Lipinski definition) is 2. The molecule has 0 bridgehead atoms. The molecule has 22 heavy (non-hydrogen) atoms. The van der Waals surface area contributed by atoms with Crippen LogP contribution in [0.15, 0.2) is 42.5 Å². The molecular formula is C18H22N2O2. The minimum atomic E-state index is -0.0206. The Labute approximate surface area is 131 Å². The summed E-state index contributed by atoms with van der Waals surface area (Å²) in [4.78, 5) is 12.0. The number of nitrogens with one attached hydrogen (secondary N) is 1. The molecule has 1 amide bonds. The maximum atomic E-state index is 12.0. The third kappa shape index (κ3) is 4.52. The van der Waals surface area contributed by atoms with Gasteiger partial charge < -0.3 is 15.8 Å². The topological polar surface area (TPSA) is 64.3 Å². The van der Waals surface area contributed by atoms with E-state index in [0.717, 1.165) is 22.4 Å². The predicted octanol–water partition coefficient (Wildman–Crippen LogP) is 2.83. The van der Waals surface area contributed by atoms with E-state index in [2.05, 4.69) is 5.32 Å². The van der Waals surface area contributed by atoms with Crippen LogP contribution in [0, 0.1) is 6.92 Å². The molecule has 0 radical (unpaired) electrons. The molecule has 0 aliphatic rings. The first-order chi connectivity index (χ1) is 10.6. The van der Waals surface area contributed by atoms with Crippen molar-refractivity contribution in [1.82, 2.24) is 5.32 Å². The maximum absolute atomic E-state index is 12.0. The largest absolute Gasteiger partial charge is 0.494 e. The van der Waals surface area contributed by atoms with E-state index in [1.807, 2.05) is 44.2 Å². The zero-order valence-electron chi connectivity index (χ0n) is 13.1. The Morgan fingerprint density at radius 3 is 2.59 bits per heavy atom. The Kier molecular flexibility index (Phi) is 5.42. The Bertz CT molecular complexity index is 636. The highest BCUT2D eigenvalue weighted by Gasteiger charge is 2.07. The quantitative estimate of drug-likeness (QED) is 0.806. The summed E-state index contributed by atoms with van der Waals surface area (Å²) in [5.74, 6) is 0.808. The molecule has 0 unspecified atom stereocenters. The van der Waals surface area contributed by atoms with Gasteiger partial charge >= 0.3 is 0 Å². The van der Waals surface area contributed by atoms with Gasteiger partial charge in [-0.3, -0.25) is 4.79 Å². The van der Waals surface area contributed by atoms with Crippen molar-refractivity contribution in [3.05, 3.63) is 59.2 Å². The molecule has 2 aromatic rings. The van der Waals surface area contributed by atoms with Gasteiger partial charge in [-0.15, -0.1) is 0 Å². The molecule has 0 saturated carbocycles. The number of nitrogen functional groups attached to an aromatic ring is 1. The Balaban J connectivity index is 1.94. The molecule has 0 heterocycles. The van der Waals surface area contributed by atoms with Gasteiger partial charge in [0.1, 0.15) is 5.75 Å². The van der Waals surface area contributed by atoms with E-state index in [1.54, 1.807) is 12.1 Å². The maximum Gasteiger partial charge on any atom is 0.224 e. The summed E-state index contributed by atoms with van der Waals surface area (Å²) in [6.07, 6.45) is 0.343. The minimum Gasteiger partial charge on any atom is -0.494 e. The predicted molar refractivity (Wildman–Crippen MR) is 88.8 cm³/mol. The fourth-order valence-electron chi connectivity index (χ4n) is 2.17. The number of carbonyl (C=O) groups excluding carboxylic acids is 1. The van der Waals surface area contributed by atoms with Crippen molar-refractivity contribution in [3.8, 4) is 5.75 Å². The van der Waals surface area contributed by atoms with Crippen molar-refractivity contribution in [2.75, 3.05) is 12.3 Å². The summed E-state index contributed by atoms with van der Waals surface area (Å²) in [6.45, 7) is 5.04. The van der Waals surface area contributed by atoms with Gasteiger partial charge in [-0.2, -0.15) is 0 Å². The average Bonchev–Trinajstić information content (AvgIpc) is 2.49. The van der Waals surface area contributed by atoms with Crippen LogP contribution in [0.1, 0.15) is 23.6 Å². The van der Waals surface area contributed by atoms with Crippen molar-refractivity contribution in [1.29, 1.82) is 0 Å². The van der Waals surface area contributed by atoms with E-state index in [4.69, 9.17) is 10.5 Å². The first-order valence-corrected chi connectivity index (χ1v) is 7.42. The Morgan fingerprint density at radius 1 is 1.18 bits per heavy atom. The summed E-state index contributed by atoms with van der Waals surface area (Å²) in [6, 6.07) is 13.3. The van der Waals surface area contributed by atoms with Crippen molar-refractivity contribution in [2.45, 2.75) is 26.8 Å². The molecule has 0 spiro atoms. The highest BCUT2D eigenvalue weighted by atomic mass is 16.5. The molecule has 2 rings (SSSR count). The molecule has 3 N–H and O–H groups in total. The lowest BCUT2D eigenvalue weighted by molar-refractivity contribution is -0.120.